The molecule has 3 nitrogen and oxygen atoms in total. The molecule has 1 aromatic heterocycles. The Balaban J connectivity index is 2.26. The maximum Gasteiger partial charge on any atom is 0.416 e. The van der Waals surface area contributed by atoms with E-state index in [4.69, 9.17) is 22.1 Å². The highest BCUT2D eigenvalue weighted by atomic mass is 35.5. The molecule has 0 unspecified atom stereocenters. The zero-order valence-corrected chi connectivity index (χ0v) is 10.9. The highest BCUT2D eigenvalue weighted by Gasteiger charge is 2.30. The molecule has 0 aliphatic heterocycles. The summed E-state index contributed by atoms with van der Waals surface area (Å²) in [7, 11) is 0. The summed E-state index contributed by atoms with van der Waals surface area (Å²) in [5.74, 6) is 0.173. The molecule has 0 spiro atoms. The van der Waals surface area contributed by atoms with Crippen molar-refractivity contribution in [3.8, 4) is 11.6 Å². The van der Waals surface area contributed by atoms with E-state index in [1.807, 2.05) is 0 Å². The zero-order valence-electron chi connectivity index (χ0n) is 10.1. The molecule has 106 valence electrons. The Bertz CT molecular complexity index is 617. The SMILES string of the molecule is NCc1nc(Oc2cccc(C(F)(F)F)c2)ccc1Cl. The number of nitrogens with zero attached hydrogens (tertiary/aromatic N) is 1. The molecule has 0 aliphatic carbocycles. The number of ether oxygens (including phenoxy) is 1. The first-order chi connectivity index (χ1) is 9.40. The van der Waals surface area contributed by atoms with Crippen LogP contribution in [0.1, 0.15) is 11.3 Å². The van der Waals surface area contributed by atoms with Crippen LogP contribution in [-0.4, -0.2) is 4.98 Å². The number of rotatable bonds is 3. The van der Waals surface area contributed by atoms with E-state index < -0.39 is 11.7 Å². The van der Waals surface area contributed by atoms with Crippen molar-refractivity contribution in [2.75, 3.05) is 0 Å². The number of hydrogen-bond donors (Lipinski definition) is 1. The molecule has 2 N–H and O–H groups in total. The van der Waals surface area contributed by atoms with Gasteiger partial charge in [0.1, 0.15) is 5.75 Å². The lowest BCUT2D eigenvalue weighted by Gasteiger charge is -2.10. The van der Waals surface area contributed by atoms with Crippen molar-refractivity contribution in [2.24, 2.45) is 5.73 Å². The van der Waals surface area contributed by atoms with Gasteiger partial charge in [-0.15, -0.1) is 0 Å². The molecule has 0 fully saturated rings. The van der Waals surface area contributed by atoms with Gasteiger partial charge in [-0.25, -0.2) is 4.98 Å². The fourth-order valence-electron chi connectivity index (χ4n) is 1.52. The van der Waals surface area contributed by atoms with E-state index in [0.29, 0.717) is 10.7 Å². The van der Waals surface area contributed by atoms with Gasteiger partial charge in [0, 0.05) is 12.6 Å². The molecule has 0 saturated heterocycles. The Morgan fingerprint density at radius 2 is 1.95 bits per heavy atom. The quantitative estimate of drug-likeness (QED) is 0.932. The Morgan fingerprint density at radius 3 is 2.60 bits per heavy atom. The van der Waals surface area contributed by atoms with Crippen LogP contribution < -0.4 is 10.5 Å². The molecule has 2 aromatic rings. The Morgan fingerprint density at radius 1 is 1.20 bits per heavy atom. The minimum atomic E-state index is -4.42. The smallest absolute Gasteiger partial charge is 0.416 e. The second-order valence-electron chi connectivity index (χ2n) is 3.91. The van der Waals surface area contributed by atoms with E-state index in [1.165, 1.54) is 24.3 Å². The molecular formula is C13H10ClF3N2O. The molecule has 1 aromatic carbocycles. The average molecular weight is 303 g/mol. The standard InChI is InChI=1S/C13H10ClF3N2O/c14-10-4-5-12(19-11(10)7-18)20-9-3-1-2-8(6-9)13(15,16)17/h1-6H,7,18H2. The molecule has 2 rings (SSSR count). The van der Waals surface area contributed by atoms with Gasteiger partial charge in [0.25, 0.3) is 0 Å². The van der Waals surface area contributed by atoms with Crippen LogP contribution in [0.4, 0.5) is 13.2 Å². The predicted molar refractivity (Wildman–Crippen MR) is 68.7 cm³/mol. The van der Waals surface area contributed by atoms with Crippen molar-refractivity contribution in [1.82, 2.24) is 4.98 Å². The number of alkyl halides is 3. The van der Waals surface area contributed by atoms with Crippen LogP contribution in [0.15, 0.2) is 36.4 Å². The van der Waals surface area contributed by atoms with Gasteiger partial charge in [0.2, 0.25) is 5.88 Å². The summed E-state index contributed by atoms with van der Waals surface area (Å²) in [5.41, 5.74) is 5.07. The fraction of sp³-hybridized carbons (Fsp3) is 0.154. The van der Waals surface area contributed by atoms with Crippen molar-refractivity contribution in [3.63, 3.8) is 0 Å². The van der Waals surface area contributed by atoms with Crippen LogP contribution in [0, 0.1) is 0 Å². The van der Waals surface area contributed by atoms with E-state index >= 15 is 0 Å². The summed E-state index contributed by atoms with van der Waals surface area (Å²) >= 11 is 5.84. The van der Waals surface area contributed by atoms with Crippen LogP contribution in [-0.2, 0) is 12.7 Å². The van der Waals surface area contributed by atoms with Crippen LogP contribution in [0.5, 0.6) is 11.6 Å². The van der Waals surface area contributed by atoms with Gasteiger partial charge in [-0.2, -0.15) is 13.2 Å². The molecule has 0 radical (unpaired) electrons. The van der Waals surface area contributed by atoms with Gasteiger partial charge in [0.15, 0.2) is 0 Å². The minimum Gasteiger partial charge on any atom is -0.439 e. The molecular weight excluding hydrogens is 293 g/mol. The van der Waals surface area contributed by atoms with Crippen molar-refractivity contribution < 1.29 is 17.9 Å². The largest absolute Gasteiger partial charge is 0.439 e. The first-order valence-corrected chi connectivity index (χ1v) is 5.98. The summed E-state index contributed by atoms with van der Waals surface area (Å²) < 4.78 is 43.0. The number of halogens is 4. The Labute approximate surface area is 118 Å². The fourth-order valence-corrected chi connectivity index (χ4v) is 1.70. The molecule has 0 aliphatic rings. The second kappa shape index (κ2) is 5.68. The third kappa shape index (κ3) is 3.40. The molecule has 7 heteroatoms. The summed E-state index contributed by atoms with van der Waals surface area (Å²) in [6.07, 6.45) is -4.42. The molecule has 0 saturated carbocycles. The topological polar surface area (TPSA) is 48.1 Å². The highest BCUT2D eigenvalue weighted by molar-refractivity contribution is 6.31. The molecule has 20 heavy (non-hydrogen) atoms. The van der Waals surface area contributed by atoms with Gasteiger partial charge >= 0.3 is 6.18 Å². The number of nitrogens with two attached hydrogens (primary N) is 1. The number of hydrogen-bond acceptors (Lipinski definition) is 3. The predicted octanol–water partition coefficient (Wildman–Crippen LogP) is 4.00. The van der Waals surface area contributed by atoms with E-state index in [1.54, 1.807) is 0 Å². The second-order valence-corrected chi connectivity index (χ2v) is 4.32. The zero-order chi connectivity index (χ0) is 14.8. The first-order valence-electron chi connectivity index (χ1n) is 5.61. The third-order valence-corrected chi connectivity index (χ3v) is 2.81. The van der Waals surface area contributed by atoms with Gasteiger partial charge in [-0.3, -0.25) is 0 Å². The first kappa shape index (κ1) is 14.6. The van der Waals surface area contributed by atoms with E-state index in [0.717, 1.165) is 12.1 Å². The van der Waals surface area contributed by atoms with Gasteiger partial charge in [-0.05, 0) is 24.3 Å². The summed E-state index contributed by atoms with van der Waals surface area (Å²) in [6.45, 7) is 0.110. The monoisotopic (exact) mass is 302 g/mol. The van der Waals surface area contributed by atoms with Crippen molar-refractivity contribution in [3.05, 3.63) is 52.7 Å². The summed E-state index contributed by atoms with van der Waals surface area (Å²) in [6, 6.07) is 7.53. The van der Waals surface area contributed by atoms with Gasteiger partial charge in [0.05, 0.1) is 16.3 Å². The van der Waals surface area contributed by atoms with E-state index in [9.17, 15) is 13.2 Å². The van der Waals surface area contributed by atoms with E-state index in [-0.39, 0.29) is 18.2 Å². The average Bonchev–Trinajstić information content (AvgIpc) is 2.40. The lowest BCUT2D eigenvalue weighted by atomic mass is 10.2. The minimum absolute atomic E-state index is 0.0395. The molecule has 0 bridgehead atoms. The van der Waals surface area contributed by atoms with Crippen LogP contribution >= 0.6 is 11.6 Å². The summed E-state index contributed by atoms with van der Waals surface area (Å²) in [5, 5.41) is 0.379. The molecule has 0 amide bonds. The Hall–Kier alpha value is -1.79. The van der Waals surface area contributed by atoms with Gasteiger partial charge < -0.3 is 10.5 Å². The normalized spacial score (nSPS) is 11.4. The highest BCUT2D eigenvalue weighted by Crippen LogP contribution is 2.32. The number of aromatic nitrogens is 1. The Kier molecular flexibility index (Phi) is 4.15. The maximum absolute atomic E-state index is 12.6. The number of pyridine rings is 1. The van der Waals surface area contributed by atoms with Crippen LogP contribution in [0.3, 0.4) is 0 Å². The van der Waals surface area contributed by atoms with Crippen LogP contribution in [0.25, 0.3) is 0 Å². The molecule has 0 atom stereocenters. The summed E-state index contributed by atoms with van der Waals surface area (Å²) in [4.78, 5) is 4.02. The lowest BCUT2D eigenvalue weighted by Crippen LogP contribution is -2.05. The maximum atomic E-state index is 12.6. The van der Waals surface area contributed by atoms with Gasteiger partial charge in [-0.1, -0.05) is 17.7 Å². The van der Waals surface area contributed by atoms with E-state index in [2.05, 4.69) is 4.98 Å². The van der Waals surface area contributed by atoms with Crippen molar-refractivity contribution >= 4 is 11.6 Å². The lowest BCUT2D eigenvalue weighted by molar-refractivity contribution is -0.137. The third-order valence-electron chi connectivity index (χ3n) is 2.47. The van der Waals surface area contributed by atoms with Crippen LogP contribution in [0.2, 0.25) is 5.02 Å². The van der Waals surface area contributed by atoms with Crippen molar-refractivity contribution in [1.29, 1.82) is 0 Å². The van der Waals surface area contributed by atoms with Crippen molar-refractivity contribution in [2.45, 2.75) is 12.7 Å². The molecule has 1 heterocycles. The number of benzene rings is 1.